The summed E-state index contributed by atoms with van der Waals surface area (Å²) in [6.45, 7) is 4.89. The van der Waals surface area contributed by atoms with Crippen molar-refractivity contribution in [2.75, 3.05) is 6.54 Å². The zero-order chi connectivity index (χ0) is 23.3. The van der Waals surface area contributed by atoms with E-state index in [1.165, 1.54) is 24.5 Å². The Bertz CT molecular complexity index is 1060. The molecule has 0 bridgehead atoms. The van der Waals surface area contributed by atoms with Gasteiger partial charge in [0, 0.05) is 50.7 Å². The lowest BCUT2D eigenvalue weighted by molar-refractivity contribution is 0.0166. The molecule has 6 nitrogen and oxygen atoms in total. The first kappa shape index (κ1) is 23.3. The molecule has 0 saturated heterocycles. The fraction of sp³-hybridized carbons (Fsp3) is 0.348. The third-order valence-corrected chi connectivity index (χ3v) is 5.16. The van der Waals surface area contributed by atoms with Crippen LogP contribution in [-0.4, -0.2) is 43.3 Å². The summed E-state index contributed by atoms with van der Waals surface area (Å²) in [4.78, 5) is 31.1. The minimum absolute atomic E-state index is 0.0585. The van der Waals surface area contributed by atoms with Crippen LogP contribution < -0.4 is 0 Å². The topological polar surface area (TPSA) is 71.9 Å². The Morgan fingerprint density at radius 2 is 1.75 bits per heavy atom. The minimum atomic E-state index is -3.00. The molecule has 3 aromatic rings. The number of nitrogens with zero attached hydrogens (tertiary/aromatic N) is 5. The third kappa shape index (κ3) is 5.27. The Morgan fingerprint density at radius 3 is 2.34 bits per heavy atom. The maximum absolute atomic E-state index is 14.6. The van der Waals surface area contributed by atoms with Crippen LogP contribution in [0.25, 0.3) is 11.4 Å². The monoisotopic (exact) mass is 443 g/mol. The number of benzene rings is 1. The molecule has 0 N–H and O–H groups in total. The minimum Gasteiger partial charge on any atom is -0.336 e. The number of alkyl halides is 2. The lowest BCUT2D eigenvalue weighted by Gasteiger charge is -2.29. The first-order valence-electron chi connectivity index (χ1n) is 10.3. The second kappa shape index (κ2) is 9.84. The van der Waals surface area contributed by atoms with Crippen molar-refractivity contribution in [3.05, 3.63) is 71.8 Å². The van der Waals surface area contributed by atoms with Gasteiger partial charge in [-0.3, -0.25) is 4.79 Å². The normalized spacial score (nSPS) is 12.4. The molecule has 32 heavy (non-hydrogen) atoms. The lowest BCUT2D eigenvalue weighted by atomic mass is 10.0. The maximum atomic E-state index is 14.6. The van der Waals surface area contributed by atoms with Crippen LogP contribution in [0.2, 0.25) is 0 Å². The van der Waals surface area contributed by atoms with Crippen molar-refractivity contribution < 1.29 is 18.0 Å². The van der Waals surface area contributed by atoms with Crippen molar-refractivity contribution in [3.63, 3.8) is 0 Å². The van der Waals surface area contributed by atoms with Gasteiger partial charge in [0.15, 0.2) is 5.82 Å². The van der Waals surface area contributed by atoms with Crippen LogP contribution in [0.3, 0.4) is 0 Å². The highest BCUT2D eigenvalue weighted by Crippen LogP contribution is 2.27. The number of hydrogen-bond acceptors (Lipinski definition) is 5. The Kier molecular flexibility index (Phi) is 7.17. The quantitative estimate of drug-likeness (QED) is 0.506. The van der Waals surface area contributed by atoms with Gasteiger partial charge < -0.3 is 4.90 Å². The fourth-order valence-corrected chi connectivity index (χ4v) is 3.37. The van der Waals surface area contributed by atoms with Crippen LogP contribution >= 0.6 is 0 Å². The smallest absolute Gasteiger partial charge is 0.273 e. The van der Waals surface area contributed by atoms with Crippen molar-refractivity contribution >= 4 is 5.91 Å². The summed E-state index contributed by atoms with van der Waals surface area (Å²) in [5, 5.41) is 0. The van der Waals surface area contributed by atoms with Gasteiger partial charge in [0.1, 0.15) is 11.6 Å². The second-order valence-electron chi connectivity index (χ2n) is 7.49. The number of amides is 1. The molecule has 0 aliphatic carbocycles. The van der Waals surface area contributed by atoms with Crippen LogP contribution in [0.5, 0.6) is 0 Å². The molecule has 1 aromatic carbocycles. The number of halogens is 3. The molecule has 168 valence electrons. The van der Waals surface area contributed by atoms with Gasteiger partial charge in [0.2, 0.25) is 0 Å². The molecule has 9 heteroatoms. The number of carbonyl (C=O) groups is 1. The van der Waals surface area contributed by atoms with Crippen molar-refractivity contribution in [1.82, 2.24) is 24.8 Å². The largest absolute Gasteiger partial charge is 0.336 e. The Balaban J connectivity index is 1.77. The van der Waals surface area contributed by atoms with Crippen LogP contribution in [0.4, 0.5) is 13.2 Å². The highest BCUT2D eigenvalue weighted by molar-refractivity contribution is 6.00. The summed E-state index contributed by atoms with van der Waals surface area (Å²) in [5.74, 6) is -3.37. The summed E-state index contributed by atoms with van der Waals surface area (Å²) in [7, 11) is 0. The van der Waals surface area contributed by atoms with E-state index in [1.807, 2.05) is 13.8 Å². The van der Waals surface area contributed by atoms with Crippen LogP contribution in [0.1, 0.15) is 48.9 Å². The molecule has 1 amide bonds. The Labute approximate surface area is 184 Å². The van der Waals surface area contributed by atoms with E-state index in [0.29, 0.717) is 25.2 Å². The average Bonchev–Trinajstić information content (AvgIpc) is 2.78. The van der Waals surface area contributed by atoms with Gasteiger partial charge in [-0.2, -0.15) is 0 Å². The molecular weight excluding hydrogens is 419 g/mol. The Hall–Kier alpha value is -3.36. The molecule has 0 spiro atoms. The predicted molar refractivity (Wildman–Crippen MR) is 114 cm³/mol. The van der Waals surface area contributed by atoms with Crippen LogP contribution in [-0.2, 0) is 12.3 Å². The molecule has 0 radical (unpaired) electrons. The van der Waals surface area contributed by atoms with E-state index in [0.717, 1.165) is 19.3 Å². The SMILES string of the molecule is CCN(C(=O)c1cccc(F)c1-c1ncccn1)[C@@H](C)CCc1ncc(C(C)(F)F)cn1. The summed E-state index contributed by atoms with van der Waals surface area (Å²) < 4.78 is 41.3. The van der Waals surface area contributed by atoms with E-state index in [2.05, 4.69) is 19.9 Å². The number of rotatable bonds is 8. The summed E-state index contributed by atoms with van der Waals surface area (Å²) in [5.41, 5.74) is -0.0136. The van der Waals surface area contributed by atoms with Crippen molar-refractivity contribution in [3.8, 4) is 11.4 Å². The average molecular weight is 443 g/mol. The number of carbonyl (C=O) groups excluding carboxylic acids is 1. The van der Waals surface area contributed by atoms with Gasteiger partial charge in [-0.1, -0.05) is 6.07 Å². The first-order chi connectivity index (χ1) is 15.2. The van der Waals surface area contributed by atoms with E-state index >= 15 is 0 Å². The zero-order valence-electron chi connectivity index (χ0n) is 18.1. The molecule has 1 atom stereocenters. The molecule has 0 aliphatic heterocycles. The van der Waals surface area contributed by atoms with Gasteiger partial charge in [-0.05, 0) is 38.5 Å². The van der Waals surface area contributed by atoms with Gasteiger partial charge in [0.05, 0.1) is 16.7 Å². The number of aryl methyl sites for hydroxylation is 1. The van der Waals surface area contributed by atoms with E-state index in [4.69, 9.17) is 0 Å². The van der Waals surface area contributed by atoms with Gasteiger partial charge in [-0.15, -0.1) is 0 Å². The molecule has 2 heterocycles. The highest BCUT2D eigenvalue weighted by atomic mass is 19.3. The molecule has 0 fully saturated rings. The van der Waals surface area contributed by atoms with E-state index in [1.54, 1.807) is 17.0 Å². The molecule has 0 saturated carbocycles. The van der Waals surface area contributed by atoms with Gasteiger partial charge in [0.25, 0.3) is 11.8 Å². The highest BCUT2D eigenvalue weighted by Gasteiger charge is 2.27. The van der Waals surface area contributed by atoms with E-state index < -0.39 is 11.7 Å². The number of aromatic nitrogens is 4. The van der Waals surface area contributed by atoms with Gasteiger partial charge in [-0.25, -0.2) is 33.1 Å². The fourth-order valence-electron chi connectivity index (χ4n) is 3.37. The molecule has 0 aliphatic rings. The van der Waals surface area contributed by atoms with Crippen molar-refractivity contribution in [2.24, 2.45) is 0 Å². The van der Waals surface area contributed by atoms with Crippen molar-refractivity contribution in [1.29, 1.82) is 0 Å². The first-order valence-corrected chi connectivity index (χ1v) is 10.3. The molecule has 0 unspecified atom stereocenters. The van der Waals surface area contributed by atoms with E-state index in [-0.39, 0.29) is 34.5 Å². The predicted octanol–water partition coefficient (Wildman–Crippen LogP) is 4.67. The van der Waals surface area contributed by atoms with Crippen LogP contribution in [0.15, 0.2) is 49.1 Å². The Morgan fingerprint density at radius 1 is 1.09 bits per heavy atom. The molecular formula is C23H24F3N5O. The molecule has 2 aromatic heterocycles. The maximum Gasteiger partial charge on any atom is 0.273 e. The van der Waals surface area contributed by atoms with E-state index in [9.17, 15) is 18.0 Å². The van der Waals surface area contributed by atoms with Crippen LogP contribution in [0, 0.1) is 5.82 Å². The second-order valence-corrected chi connectivity index (χ2v) is 7.49. The summed E-state index contributed by atoms with van der Waals surface area (Å²) in [6.07, 6.45) is 6.13. The lowest BCUT2D eigenvalue weighted by Crippen LogP contribution is -2.39. The standard InChI is InChI=1S/C23H24F3N5O/c1-4-31(15(2)9-10-19-29-13-16(14-30-19)23(3,25)26)22(32)17-7-5-8-18(24)20(17)21-27-11-6-12-28-21/h5-8,11-15H,4,9-10H2,1-3H3/t15-/m0/s1. The summed E-state index contributed by atoms with van der Waals surface area (Å²) in [6, 6.07) is 5.69. The van der Waals surface area contributed by atoms with Gasteiger partial charge >= 0.3 is 0 Å². The zero-order valence-corrected chi connectivity index (χ0v) is 18.1. The molecule has 3 rings (SSSR count). The van der Waals surface area contributed by atoms with Crippen molar-refractivity contribution in [2.45, 2.75) is 45.6 Å². The summed E-state index contributed by atoms with van der Waals surface area (Å²) >= 11 is 0. The number of hydrogen-bond donors (Lipinski definition) is 0. The third-order valence-electron chi connectivity index (χ3n) is 5.16.